The summed E-state index contributed by atoms with van der Waals surface area (Å²) in [5.74, 6) is -0.372. The van der Waals surface area contributed by atoms with Gasteiger partial charge in [-0.1, -0.05) is 11.6 Å². The first-order valence-corrected chi connectivity index (χ1v) is 10.0. The minimum atomic E-state index is -1.09. The van der Waals surface area contributed by atoms with Gasteiger partial charge in [-0.15, -0.1) is 0 Å². The summed E-state index contributed by atoms with van der Waals surface area (Å²) in [6, 6.07) is 13.0. The molecule has 8 heteroatoms. The van der Waals surface area contributed by atoms with Gasteiger partial charge in [0.2, 0.25) is 5.91 Å². The lowest BCUT2D eigenvalue weighted by molar-refractivity contribution is -0.130. The van der Waals surface area contributed by atoms with E-state index in [4.69, 9.17) is 16.3 Å². The van der Waals surface area contributed by atoms with Gasteiger partial charge in [-0.2, -0.15) is 0 Å². The van der Waals surface area contributed by atoms with Crippen molar-refractivity contribution in [3.05, 3.63) is 58.7 Å². The molecular weight excluding hydrogens is 406 g/mol. The molecule has 4 rings (SSSR count). The van der Waals surface area contributed by atoms with Gasteiger partial charge in [0.05, 0.1) is 13.5 Å². The molecule has 0 atom stereocenters. The second-order valence-corrected chi connectivity index (χ2v) is 7.65. The Balaban J connectivity index is 1.47. The lowest BCUT2D eigenvalue weighted by Crippen LogP contribution is -2.49. The van der Waals surface area contributed by atoms with E-state index in [-0.39, 0.29) is 18.0 Å². The van der Waals surface area contributed by atoms with E-state index in [0.29, 0.717) is 47.7 Å². The normalized spacial score (nSPS) is 14.2. The Morgan fingerprint density at radius 2 is 1.80 bits per heavy atom. The summed E-state index contributed by atoms with van der Waals surface area (Å²) in [6.45, 7) is 2.58. The van der Waals surface area contributed by atoms with E-state index in [1.54, 1.807) is 30.2 Å². The zero-order chi connectivity index (χ0) is 21.3. The molecule has 1 aromatic heterocycles. The largest absolute Gasteiger partial charge is 0.497 e. The van der Waals surface area contributed by atoms with Crippen LogP contribution in [0.3, 0.4) is 0 Å². The minimum Gasteiger partial charge on any atom is -0.497 e. The van der Waals surface area contributed by atoms with Gasteiger partial charge in [-0.25, -0.2) is 4.79 Å². The fraction of sp³-hybridized carbons (Fsp3) is 0.273. The molecule has 0 bridgehead atoms. The van der Waals surface area contributed by atoms with Gasteiger partial charge in [-0.3, -0.25) is 4.79 Å². The topological polar surface area (TPSA) is 85.9 Å². The van der Waals surface area contributed by atoms with Crippen molar-refractivity contribution in [2.24, 2.45) is 0 Å². The van der Waals surface area contributed by atoms with Crippen LogP contribution in [0, 0.1) is 0 Å². The van der Waals surface area contributed by atoms with Crippen LogP contribution in [-0.4, -0.2) is 60.2 Å². The second kappa shape index (κ2) is 8.28. The van der Waals surface area contributed by atoms with E-state index in [9.17, 15) is 14.7 Å². The molecule has 0 unspecified atom stereocenters. The first-order valence-electron chi connectivity index (χ1n) is 9.66. The van der Waals surface area contributed by atoms with Gasteiger partial charge in [0.15, 0.2) is 0 Å². The summed E-state index contributed by atoms with van der Waals surface area (Å²) in [4.78, 5) is 31.5. The fourth-order valence-corrected chi connectivity index (χ4v) is 4.03. The maximum absolute atomic E-state index is 12.9. The molecule has 1 fully saturated rings. The van der Waals surface area contributed by atoms with Crippen LogP contribution < -0.4 is 9.64 Å². The molecule has 2 aromatic carbocycles. The van der Waals surface area contributed by atoms with Crippen molar-refractivity contribution in [1.29, 1.82) is 0 Å². The molecule has 0 aliphatic carbocycles. The number of aromatic amines is 1. The molecule has 1 amide bonds. The van der Waals surface area contributed by atoms with E-state index >= 15 is 0 Å². The zero-order valence-electron chi connectivity index (χ0n) is 16.5. The predicted octanol–water partition coefficient (Wildman–Crippen LogP) is 3.42. The van der Waals surface area contributed by atoms with Crippen LogP contribution in [0.1, 0.15) is 16.1 Å². The molecule has 1 saturated heterocycles. The van der Waals surface area contributed by atoms with Gasteiger partial charge >= 0.3 is 5.97 Å². The lowest BCUT2D eigenvalue weighted by Gasteiger charge is -2.36. The minimum absolute atomic E-state index is 0.0184. The zero-order valence-corrected chi connectivity index (χ0v) is 17.3. The number of aromatic carboxylic acids is 1. The molecular formula is C22H22ClN3O4. The second-order valence-electron chi connectivity index (χ2n) is 7.22. The molecule has 2 N–H and O–H groups in total. The summed E-state index contributed by atoms with van der Waals surface area (Å²) in [6.07, 6.45) is 0.0184. The van der Waals surface area contributed by atoms with Crippen molar-refractivity contribution in [3.63, 3.8) is 0 Å². The molecule has 0 spiro atoms. The van der Waals surface area contributed by atoms with E-state index in [1.165, 1.54) is 0 Å². The van der Waals surface area contributed by atoms with E-state index in [2.05, 4.69) is 9.88 Å². The average Bonchev–Trinajstić information content (AvgIpc) is 3.11. The monoisotopic (exact) mass is 427 g/mol. The van der Waals surface area contributed by atoms with Crippen LogP contribution in [0.4, 0.5) is 5.69 Å². The molecule has 30 heavy (non-hydrogen) atoms. The maximum Gasteiger partial charge on any atom is 0.352 e. The molecule has 0 saturated carbocycles. The van der Waals surface area contributed by atoms with Crippen LogP contribution in [0.25, 0.3) is 10.9 Å². The van der Waals surface area contributed by atoms with Crippen molar-refractivity contribution in [2.75, 3.05) is 38.2 Å². The van der Waals surface area contributed by atoms with Crippen molar-refractivity contribution in [2.45, 2.75) is 6.42 Å². The van der Waals surface area contributed by atoms with Crippen molar-refractivity contribution >= 4 is 40.1 Å². The quantitative estimate of drug-likeness (QED) is 0.651. The highest BCUT2D eigenvalue weighted by Gasteiger charge is 2.25. The number of aromatic nitrogens is 1. The van der Waals surface area contributed by atoms with Gasteiger partial charge in [0.1, 0.15) is 11.4 Å². The highest BCUT2D eigenvalue weighted by Crippen LogP contribution is 2.27. The number of carboxylic acid groups (broad SMARTS) is 1. The number of H-pyrrole nitrogens is 1. The molecule has 1 aliphatic heterocycles. The third-order valence-corrected chi connectivity index (χ3v) is 5.72. The van der Waals surface area contributed by atoms with Gasteiger partial charge in [0.25, 0.3) is 0 Å². The van der Waals surface area contributed by atoms with Crippen molar-refractivity contribution in [1.82, 2.24) is 9.88 Å². The number of rotatable bonds is 5. The van der Waals surface area contributed by atoms with Crippen LogP contribution >= 0.6 is 11.6 Å². The standard InChI is InChI=1S/C22H22ClN3O4/c1-30-16-5-3-15(4-6-16)25-8-10-26(11-9-25)20(27)13-18-17-12-14(23)2-7-19(17)24-21(18)22(28)29/h2-7,12,24H,8-11,13H2,1H3,(H,28,29). The number of amides is 1. The van der Waals surface area contributed by atoms with Crippen molar-refractivity contribution < 1.29 is 19.4 Å². The third-order valence-electron chi connectivity index (χ3n) is 5.48. The van der Waals surface area contributed by atoms with Gasteiger partial charge in [0, 0.05) is 53.4 Å². The Kier molecular flexibility index (Phi) is 5.55. The number of hydrogen-bond donors (Lipinski definition) is 2. The number of methoxy groups -OCH3 is 1. The SMILES string of the molecule is COc1ccc(N2CCN(C(=O)Cc3c(C(=O)O)[nH]c4ccc(Cl)cc34)CC2)cc1. The van der Waals surface area contributed by atoms with Crippen LogP contribution in [0.2, 0.25) is 5.02 Å². The van der Waals surface area contributed by atoms with Crippen LogP contribution in [0.5, 0.6) is 5.75 Å². The number of carbonyl (C=O) groups excluding carboxylic acids is 1. The van der Waals surface area contributed by atoms with Crippen molar-refractivity contribution in [3.8, 4) is 5.75 Å². The molecule has 1 aliphatic rings. The number of nitrogens with one attached hydrogen (secondary N) is 1. The predicted molar refractivity (Wildman–Crippen MR) is 116 cm³/mol. The van der Waals surface area contributed by atoms with E-state index in [0.717, 1.165) is 11.4 Å². The number of fused-ring (bicyclic) bond motifs is 1. The van der Waals surface area contributed by atoms with Gasteiger partial charge in [-0.05, 0) is 42.5 Å². The fourth-order valence-electron chi connectivity index (χ4n) is 3.86. The van der Waals surface area contributed by atoms with E-state index in [1.807, 2.05) is 24.3 Å². The Labute approximate surface area is 178 Å². The number of nitrogens with zero attached hydrogens (tertiary/aromatic N) is 2. The number of benzene rings is 2. The summed E-state index contributed by atoms with van der Waals surface area (Å²) in [5.41, 5.74) is 2.26. The number of piperazine rings is 1. The Morgan fingerprint density at radius 3 is 2.43 bits per heavy atom. The Morgan fingerprint density at radius 1 is 1.10 bits per heavy atom. The maximum atomic E-state index is 12.9. The Bertz CT molecular complexity index is 1090. The van der Waals surface area contributed by atoms with Crippen LogP contribution in [-0.2, 0) is 11.2 Å². The first kappa shape index (κ1) is 20.1. The third kappa shape index (κ3) is 3.93. The molecule has 156 valence electrons. The average molecular weight is 428 g/mol. The highest BCUT2D eigenvalue weighted by molar-refractivity contribution is 6.31. The van der Waals surface area contributed by atoms with E-state index < -0.39 is 5.97 Å². The Hall–Kier alpha value is -3.19. The summed E-state index contributed by atoms with van der Waals surface area (Å²) < 4.78 is 5.20. The summed E-state index contributed by atoms with van der Waals surface area (Å²) in [5, 5.41) is 10.7. The summed E-state index contributed by atoms with van der Waals surface area (Å²) in [7, 11) is 1.64. The number of hydrogen-bond acceptors (Lipinski definition) is 4. The lowest BCUT2D eigenvalue weighted by atomic mass is 10.1. The van der Waals surface area contributed by atoms with Crippen LogP contribution in [0.15, 0.2) is 42.5 Å². The molecule has 3 aromatic rings. The number of halogens is 1. The molecule has 2 heterocycles. The molecule has 0 radical (unpaired) electrons. The number of carbonyl (C=O) groups is 2. The summed E-state index contributed by atoms with van der Waals surface area (Å²) >= 11 is 6.09. The first-order chi connectivity index (χ1) is 14.5. The molecule has 7 nitrogen and oxygen atoms in total. The number of carboxylic acids is 1. The van der Waals surface area contributed by atoms with Gasteiger partial charge < -0.3 is 24.6 Å². The highest BCUT2D eigenvalue weighted by atomic mass is 35.5. The number of anilines is 1. The smallest absolute Gasteiger partial charge is 0.352 e. The number of ether oxygens (including phenoxy) is 1.